The predicted molar refractivity (Wildman–Crippen MR) is 108 cm³/mol. The Bertz CT molecular complexity index is 1200. The number of carbonyl (C=O) groups is 2. The molecule has 0 aliphatic heterocycles. The van der Waals surface area contributed by atoms with E-state index in [-0.39, 0.29) is 17.1 Å². The number of aryl methyl sites for hydroxylation is 1. The Balaban J connectivity index is 1.52. The van der Waals surface area contributed by atoms with Crippen LogP contribution in [0.4, 0.5) is 10.1 Å². The number of carbonyl (C=O) groups excluding carboxylic acids is 2. The summed E-state index contributed by atoms with van der Waals surface area (Å²) in [5.41, 5.74) is 0.994. The molecule has 2 aromatic heterocycles. The molecule has 0 aliphatic rings. The molecule has 2 N–H and O–H groups in total. The molecule has 0 saturated carbocycles. The van der Waals surface area contributed by atoms with E-state index in [1.54, 1.807) is 49.4 Å². The van der Waals surface area contributed by atoms with Crippen molar-refractivity contribution in [1.82, 2.24) is 15.5 Å². The Kier molecular flexibility index (Phi) is 5.57. The molecule has 0 spiro atoms. The molecule has 4 rings (SSSR count). The van der Waals surface area contributed by atoms with E-state index in [0.717, 1.165) is 0 Å². The van der Waals surface area contributed by atoms with Crippen molar-refractivity contribution in [3.8, 4) is 0 Å². The molecule has 9 heteroatoms. The van der Waals surface area contributed by atoms with Gasteiger partial charge in [-0.15, -0.1) is 0 Å². The van der Waals surface area contributed by atoms with E-state index in [4.69, 9.17) is 8.94 Å². The van der Waals surface area contributed by atoms with Crippen LogP contribution in [0.25, 0.3) is 0 Å². The average molecular weight is 420 g/mol. The van der Waals surface area contributed by atoms with Gasteiger partial charge in [0, 0.05) is 23.7 Å². The maximum absolute atomic E-state index is 14.4. The minimum Gasteiger partial charge on any atom is -0.459 e. The van der Waals surface area contributed by atoms with Crippen LogP contribution in [-0.2, 0) is 0 Å². The fraction of sp³-hybridized carbons (Fsp3) is 0.0909. The van der Waals surface area contributed by atoms with Crippen LogP contribution < -0.4 is 10.6 Å². The van der Waals surface area contributed by atoms with Gasteiger partial charge in [-0.2, -0.15) is 4.98 Å². The van der Waals surface area contributed by atoms with Gasteiger partial charge in [0.1, 0.15) is 11.9 Å². The maximum atomic E-state index is 14.4. The second-order valence-electron chi connectivity index (χ2n) is 6.61. The number of rotatable bonds is 6. The van der Waals surface area contributed by atoms with Crippen molar-refractivity contribution < 1.29 is 22.9 Å². The summed E-state index contributed by atoms with van der Waals surface area (Å²) in [7, 11) is 0. The van der Waals surface area contributed by atoms with Crippen LogP contribution in [0.15, 0.2) is 75.9 Å². The van der Waals surface area contributed by atoms with E-state index in [2.05, 4.69) is 20.8 Å². The zero-order valence-electron chi connectivity index (χ0n) is 16.3. The first kappa shape index (κ1) is 20.0. The van der Waals surface area contributed by atoms with Gasteiger partial charge in [-0.3, -0.25) is 9.59 Å². The van der Waals surface area contributed by atoms with E-state index in [0.29, 0.717) is 17.1 Å². The largest absolute Gasteiger partial charge is 0.459 e. The third-order valence-electron chi connectivity index (χ3n) is 4.44. The Labute approximate surface area is 176 Å². The van der Waals surface area contributed by atoms with Gasteiger partial charge < -0.3 is 19.6 Å². The Morgan fingerprint density at radius 1 is 1.00 bits per heavy atom. The highest BCUT2D eigenvalue weighted by molar-refractivity contribution is 6.02. The maximum Gasteiger partial charge on any atom is 0.291 e. The number of amides is 2. The van der Waals surface area contributed by atoms with Crippen LogP contribution in [-0.4, -0.2) is 22.0 Å². The van der Waals surface area contributed by atoms with Crippen molar-refractivity contribution in [3.63, 3.8) is 0 Å². The van der Waals surface area contributed by atoms with Gasteiger partial charge in [-0.1, -0.05) is 23.4 Å². The standard InChI is InChI=1S/C22H17FN4O4/c1-13-24-20(27-31-13)19(16-5-2-3-6-17(16)23)26-21(28)14-8-10-15(11-9-14)25-22(29)18-7-4-12-30-18/h2-12,19H,1H3,(H,25,29)(H,26,28). The van der Waals surface area contributed by atoms with Gasteiger partial charge in [0.15, 0.2) is 11.6 Å². The lowest BCUT2D eigenvalue weighted by atomic mass is 10.0. The van der Waals surface area contributed by atoms with Crippen LogP contribution >= 0.6 is 0 Å². The summed E-state index contributed by atoms with van der Waals surface area (Å²) in [4.78, 5) is 29.0. The minimum absolute atomic E-state index is 0.137. The fourth-order valence-corrected chi connectivity index (χ4v) is 2.94. The minimum atomic E-state index is -0.940. The number of furan rings is 1. The molecule has 8 nitrogen and oxygen atoms in total. The molecular formula is C22H17FN4O4. The highest BCUT2D eigenvalue weighted by Gasteiger charge is 2.25. The summed E-state index contributed by atoms with van der Waals surface area (Å²) >= 11 is 0. The fourth-order valence-electron chi connectivity index (χ4n) is 2.94. The molecule has 2 aromatic carbocycles. The molecule has 0 saturated heterocycles. The lowest BCUT2D eigenvalue weighted by molar-refractivity contribution is 0.0940. The molecule has 2 amide bonds. The highest BCUT2D eigenvalue weighted by atomic mass is 19.1. The SMILES string of the molecule is Cc1nc(C(NC(=O)c2ccc(NC(=O)c3ccco3)cc2)c2ccccc2F)no1. The third kappa shape index (κ3) is 4.50. The van der Waals surface area contributed by atoms with E-state index in [1.165, 1.54) is 24.5 Å². The van der Waals surface area contributed by atoms with Crippen LogP contribution in [0.1, 0.15) is 44.2 Å². The Morgan fingerprint density at radius 2 is 1.77 bits per heavy atom. The monoisotopic (exact) mass is 420 g/mol. The summed E-state index contributed by atoms with van der Waals surface area (Å²) in [6, 6.07) is 14.5. The molecule has 31 heavy (non-hydrogen) atoms. The molecular weight excluding hydrogens is 403 g/mol. The zero-order valence-corrected chi connectivity index (χ0v) is 16.3. The average Bonchev–Trinajstić information content (AvgIpc) is 3.45. The van der Waals surface area contributed by atoms with Gasteiger partial charge in [0.05, 0.1) is 6.26 Å². The number of benzene rings is 2. The van der Waals surface area contributed by atoms with Crippen molar-refractivity contribution in [2.45, 2.75) is 13.0 Å². The molecule has 4 aromatic rings. The molecule has 2 heterocycles. The summed E-state index contributed by atoms with van der Waals surface area (Å²) in [5, 5.41) is 9.23. The van der Waals surface area contributed by atoms with Crippen molar-refractivity contribution in [3.05, 3.63) is 101 Å². The first-order chi connectivity index (χ1) is 15.0. The smallest absolute Gasteiger partial charge is 0.291 e. The van der Waals surface area contributed by atoms with Gasteiger partial charge in [-0.05, 0) is 42.5 Å². The number of aromatic nitrogens is 2. The number of hydrogen-bond donors (Lipinski definition) is 2. The predicted octanol–water partition coefficient (Wildman–Crippen LogP) is 3.88. The number of hydrogen-bond acceptors (Lipinski definition) is 6. The van der Waals surface area contributed by atoms with E-state index < -0.39 is 23.7 Å². The number of anilines is 1. The highest BCUT2D eigenvalue weighted by Crippen LogP contribution is 2.23. The topological polar surface area (TPSA) is 110 Å². The summed E-state index contributed by atoms with van der Waals surface area (Å²) < 4.78 is 24.4. The number of nitrogens with zero attached hydrogens (tertiary/aromatic N) is 2. The van der Waals surface area contributed by atoms with Crippen LogP contribution in [0.3, 0.4) is 0 Å². The lowest BCUT2D eigenvalue weighted by Crippen LogP contribution is -2.30. The Morgan fingerprint density at radius 3 is 2.42 bits per heavy atom. The molecule has 0 fully saturated rings. The molecule has 0 radical (unpaired) electrons. The first-order valence-electron chi connectivity index (χ1n) is 9.31. The second-order valence-corrected chi connectivity index (χ2v) is 6.61. The lowest BCUT2D eigenvalue weighted by Gasteiger charge is -2.17. The number of nitrogens with one attached hydrogen (secondary N) is 2. The molecule has 0 aliphatic carbocycles. The van der Waals surface area contributed by atoms with Crippen molar-refractivity contribution in [1.29, 1.82) is 0 Å². The van der Waals surface area contributed by atoms with Crippen LogP contribution in [0, 0.1) is 12.7 Å². The molecule has 0 bridgehead atoms. The van der Waals surface area contributed by atoms with Crippen molar-refractivity contribution >= 4 is 17.5 Å². The summed E-state index contributed by atoms with van der Waals surface area (Å²) in [5.74, 6) is -0.786. The van der Waals surface area contributed by atoms with Gasteiger partial charge in [-0.25, -0.2) is 4.39 Å². The molecule has 1 atom stereocenters. The first-order valence-corrected chi connectivity index (χ1v) is 9.31. The van der Waals surface area contributed by atoms with Gasteiger partial charge >= 0.3 is 0 Å². The quantitative estimate of drug-likeness (QED) is 0.490. The van der Waals surface area contributed by atoms with E-state index in [9.17, 15) is 14.0 Å². The van der Waals surface area contributed by atoms with Crippen LogP contribution in [0.5, 0.6) is 0 Å². The second kappa shape index (κ2) is 8.62. The number of halogens is 1. The molecule has 156 valence electrons. The summed E-state index contributed by atoms with van der Waals surface area (Å²) in [6.07, 6.45) is 1.40. The van der Waals surface area contributed by atoms with Gasteiger partial charge in [0.25, 0.3) is 11.8 Å². The normalized spacial score (nSPS) is 11.7. The van der Waals surface area contributed by atoms with Crippen molar-refractivity contribution in [2.75, 3.05) is 5.32 Å². The van der Waals surface area contributed by atoms with E-state index in [1.807, 2.05) is 0 Å². The molecule has 1 unspecified atom stereocenters. The van der Waals surface area contributed by atoms with Gasteiger partial charge in [0.2, 0.25) is 5.89 Å². The Hall–Kier alpha value is -4.27. The van der Waals surface area contributed by atoms with E-state index >= 15 is 0 Å². The third-order valence-corrected chi connectivity index (χ3v) is 4.44. The van der Waals surface area contributed by atoms with Crippen molar-refractivity contribution in [2.24, 2.45) is 0 Å². The summed E-state index contributed by atoms with van der Waals surface area (Å²) in [6.45, 7) is 1.60. The van der Waals surface area contributed by atoms with Crippen LogP contribution in [0.2, 0.25) is 0 Å². The zero-order chi connectivity index (χ0) is 21.8.